The lowest BCUT2D eigenvalue weighted by Gasteiger charge is -2.07. The Morgan fingerprint density at radius 2 is 2.07 bits per heavy atom. The summed E-state index contributed by atoms with van der Waals surface area (Å²) < 4.78 is 26.3. The van der Waals surface area contributed by atoms with Gasteiger partial charge in [0.25, 0.3) is 0 Å². The Kier molecular flexibility index (Phi) is 4.75. The van der Waals surface area contributed by atoms with Crippen LogP contribution >= 0.6 is 15.9 Å². The van der Waals surface area contributed by atoms with Gasteiger partial charge in [0.05, 0.1) is 10.2 Å². The fraction of sp³-hybridized carbons (Fsp3) is 0.273. The Bertz CT molecular complexity index is 353. The zero-order valence-electron chi connectivity index (χ0n) is 8.19. The van der Waals surface area contributed by atoms with Crippen molar-refractivity contribution in [3.05, 3.63) is 40.9 Å². The van der Waals surface area contributed by atoms with E-state index in [2.05, 4.69) is 27.8 Å². The number of nitrogens with one attached hydrogen (secondary N) is 1. The first-order valence-electron chi connectivity index (χ1n) is 4.64. The molecular weight excluding hydrogens is 264 g/mol. The third-order valence-corrected chi connectivity index (χ3v) is 2.52. The van der Waals surface area contributed by atoms with E-state index in [4.69, 9.17) is 0 Å². The number of allylic oxidation sites excluding steroid dienone is 1. The van der Waals surface area contributed by atoms with Gasteiger partial charge in [-0.25, -0.2) is 8.78 Å². The molecule has 15 heavy (non-hydrogen) atoms. The second kappa shape index (κ2) is 5.85. The highest BCUT2D eigenvalue weighted by molar-refractivity contribution is 9.10. The summed E-state index contributed by atoms with van der Waals surface area (Å²) in [5.41, 5.74) is 0.312. The van der Waals surface area contributed by atoms with E-state index in [-0.39, 0.29) is 4.47 Å². The van der Waals surface area contributed by atoms with E-state index in [1.807, 2.05) is 0 Å². The third kappa shape index (κ3) is 3.63. The molecule has 82 valence electrons. The van der Waals surface area contributed by atoms with Crippen molar-refractivity contribution in [3.8, 4) is 0 Å². The largest absolute Gasteiger partial charge is 0.383 e. The normalized spacial score (nSPS) is 10.1. The Hall–Kier alpha value is -0.900. The predicted molar refractivity (Wildman–Crippen MR) is 62.0 cm³/mol. The quantitative estimate of drug-likeness (QED) is 0.485. The third-order valence-electron chi connectivity index (χ3n) is 1.91. The zero-order valence-corrected chi connectivity index (χ0v) is 9.78. The van der Waals surface area contributed by atoms with Gasteiger partial charge in [-0.05, 0) is 34.8 Å². The topological polar surface area (TPSA) is 12.0 Å². The standard InChI is InChI=1S/C11H12BrF2N/c1-2-3-4-5-15-11-6-8(12)9(13)7-10(11)14/h2,6-7,15H,1,3-5H2. The second-order valence-corrected chi connectivity index (χ2v) is 3.96. The van der Waals surface area contributed by atoms with Crippen LogP contribution in [-0.2, 0) is 0 Å². The molecule has 0 aliphatic rings. The fourth-order valence-electron chi connectivity index (χ4n) is 1.13. The van der Waals surface area contributed by atoms with E-state index in [0.717, 1.165) is 18.9 Å². The monoisotopic (exact) mass is 275 g/mol. The van der Waals surface area contributed by atoms with Crippen LogP contribution in [-0.4, -0.2) is 6.54 Å². The molecular formula is C11H12BrF2N. The maximum atomic E-state index is 13.2. The van der Waals surface area contributed by atoms with Crippen LogP contribution in [0.15, 0.2) is 29.3 Å². The minimum atomic E-state index is -0.593. The van der Waals surface area contributed by atoms with Crippen LogP contribution in [0.4, 0.5) is 14.5 Å². The highest BCUT2D eigenvalue weighted by Crippen LogP contribution is 2.23. The van der Waals surface area contributed by atoms with E-state index < -0.39 is 11.6 Å². The molecule has 0 fully saturated rings. The van der Waals surface area contributed by atoms with Crippen molar-refractivity contribution < 1.29 is 8.78 Å². The van der Waals surface area contributed by atoms with E-state index in [1.54, 1.807) is 6.08 Å². The number of hydrogen-bond acceptors (Lipinski definition) is 1. The minimum Gasteiger partial charge on any atom is -0.383 e. The van der Waals surface area contributed by atoms with Gasteiger partial charge < -0.3 is 5.32 Å². The smallest absolute Gasteiger partial charge is 0.149 e. The van der Waals surface area contributed by atoms with Crippen LogP contribution in [0.2, 0.25) is 0 Å². The number of unbranched alkanes of at least 4 members (excludes halogenated alkanes) is 1. The van der Waals surface area contributed by atoms with Gasteiger partial charge >= 0.3 is 0 Å². The van der Waals surface area contributed by atoms with Crippen LogP contribution in [0.3, 0.4) is 0 Å². The lowest BCUT2D eigenvalue weighted by atomic mass is 10.2. The molecule has 0 spiro atoms. The van der Waals surface area contributed by atoms with E-state index in [9.17, 15) is 8.78 Å². The van der Waals surface area contributed by atoms with Crippen LogP contribution in [0.1, 0.15) is 12.8 Å². The molecule has 1 aromatic carbocycles. The molecule has 0 unspecified atom stereocenters. The lowest BCUT2D eigenvalue weighted by Crippen LogP contribution is -2.03. The lowest BCUT2D eigenvalue weighted by molar-refractivity contribution is 0.580. The Morgan fingerprint density at radius 1 is 1.33 bits per heavy atom. The van der Waals surface area contributed by atoms with Crippen molar-refractivity contribution in [1.82, 2.24) is 0 Å². The zero-order chi connectivity index (χ0) is 11.3. The van der Waals surface area contributed by atoms with Gasteiger partial charge in [0.2, 0.25) is 0 Å². The first-order valence-corrected chi connectivity index (χ1v) is 5.43. The highest BCUT2D eigenvalue weighted by atomic mass is 79.9. The van der Waals surface area contributed by atoms with Crippen molar-refractivity contribution in [2.75, 3.05) is 11.9 Å². The summed E-state index contributed by atoms with van der Waals surface area (Å²) >= 11 is 3.01. The minimum absolute atomic E-state index is 0.259. The molecule has 0 aliphatic heterocycles. The first-order chi connectivity index (χ1) is 7.15. The number of hydrogen-bond donors (Lipinski definition) is 1. The summed E-state index contributed by atoms with van der Waals surface area (Å²) in [5.74, 6) is -1.17. The molecule has 0 atom stereocenters. The van der Waals surface area contributed by atoms with Crippen molar-refractivity contribution in [3.63, 3.8) is 0 Å². The summed E-state index contributed by atoms with van der Waals surface area (Å²) in [6.45, 7) is 4.23. The Labute approximate surface area is 96.3 Å². The number of benzene rings is 1. The number of halogens is 3. The molecule has 1 rings (SSSR count). The molecule has 0 saturated heterocycles. The van der Waals surface area contributed by atoms with Gasteiger partial charge in [0.1, 0.15) is 11.6 Å². The molecule has 0 aromatic heterocycles. The Balaban J connectivity index is 2.61. The molecule has 1 nitrogen and oxygen atoms in total. The van der Waals surface area contributed by atoms with Crippen LogP contribution < -0.4 is 5.32 Å². The highest BCUT2D eigenvalue weighted by Gasteiger charge is 2.07. The van der Waals surface area contributed by atoms with Gasteiger partial charge in [-0.2, -0.15) is 0 Å². The second-order valence-electron chi connectivity index (χ2n) is 3.10. The fourth-order valence-corrected chi connectivity index (χ4v) is 1.47. The van der Waals surface area contributed by atoms with Crippen molar-refractivity contribution in [2.24, 2.45) is 0 Å². The molecule has 1 aromatic rings. The summed E-state index contributed by atoms with van der Waals surface area (Å²) in [4.78, 5) is 0. The summed E-state index contributed by atoms with van der Waals surface area (Å²) in [7, 11) is 0. The van der Waals surface area contributed by atoms with Crippen molar-refractivity contribution in [1.29, 1.82) is 0 Å². The number of rotatable bonds is 5. The van der Waals surface area contributed by atoms with Crippen molar-refractivity contribution in [2.45, 2.75) is 12.8 Å². The average Bonchev–Trinajstić information content (AvgIpc) is 2.20. The van der Waals surface area contributed by atoms with E-state index >= 15 is 0 Å². The maximum absolute atomic E-state index is 13.2. The van der Waals surface area contributed by atoms with Gasteiger partial charge in [0, 0.05) is 12.6 Å². The van der Waals surface area contributed by atoms with Crippen LogP contribution in [0.25, 0.3) is 0 Å². The molecule has 0 radical (unpaired) electrons. The average molecular weight is 276 g/mol. The Morgan fingerprint density at radius 3 is 2.73 bits per heavy atom. The van der Waals surface area contributed by atoms with Crippen LogP contribution in [0.5, 0.6) is 0 Å². The van der Waals surface area contributed by atoms with Gasteiger partial charge in [0.15, 0.2) is 0 Å². The molecule has 0 saturated carbocycles. The molecule has 1 N–H and O–H groups in total. The molecule has 0 amide bonds. The summed E-state index contributed by atoms with van der Waals surface area (Å²) in [5, 5.41) is 2.90. The molecule has 0 aliphatic carbocycles. The van der Waals surface area contributed by atoms with Crippen LogP contribution in [0, 0.1) is 11.6 Å². The summed E-state index contributed by atoms with van der Waals surface area (Å²) in [6, 6.07) is 2.26. The van der Waals surface area contributed by atoms with Gasteiger partial charge in [-0.15, -0.1) is 6.58 Å². The van der Waals surface area contributed by atoms with E-state index in [1.165, 1.54) is 6.07 Å². The predicted octanol–water partition coefficient (Wildman–Crippen LogP) is 4.11. The van der Waals surface area contributed by atoms with Gasteiger partial charge in [-0.1, -0.05) is 6.08 Å². The number of anilines is 1. The SMILES string of the molecule is C=CCCCNc1cc(Br)c(F)cc1F. The van der Waals surface area contributed by atoms with Gasteiger partial charge in [-0.3, -0.25) is 0 Å². The summed E-state index contributed by atoms with van der Waals surface area (Å²) in [6.07, 6.45) is 3.55. The molecule has 0 bridgehead atoms. The van der Waals surface area contributed by atoms with Crippen molar-refractivity contribution >= 4 is 21.6 Å². The molecule has 4 heteroatoms. The molecule has 0 heterocycles. The first kappa shape index (κ1) is 12.2. The maximum Gasteiger partial charge on any atom is 0.149 e. The van der Waals surface area contributed by atoms with E-state index in [0.29, 0.717) is 12.2 Å².